The van der Waals surface area contributed by atoms with Crippen LogP contribution in [0.5, 0.6) is 11.5 Å². The maximum atomic E-state index is 13.8. The summed E-state index contributed by atoms with van der Waals surface area (Å²) < 4.78 is 61.2. The number of halogens is 4. The van der Waals surface area contributed by atoms with Gasteiger partial charge in [-0.2, -0.15) is 13.2 Å². The standard InChI is InChI=1S/C27H23F4N3O2/c1-2-32-20-9-14-24(23(16-20)27(29,30)31)34-15-3-4-25(34)26(35)33-17-18-5-10-21(11-6-18)36-22-12-7-19(28)8-13-22/h3-16,32H,2,17H2,1H3,(H,33,35). The lowest BCUT2D eigenvalue weighted by Gasteiger charge is -2.18. The average Bonchev–Trinajstić information content (AvgIpc) is 3.34. The van der Waals surface area contributed by atoms with Crippen molar-refractivity contribution < 1.29 is 27.1 Å². The number of ether oxygens (including phenoxy) is 1. The third kappa shape index (κ3) is 5.86. The average molecular weight is 497 g/mol. The van der Waals surface area contributed by atoms with Gasteiger partial charge in [0.2, 0.25) is 0 Å². The third-order valence-electron chi connectivity index (χ3n) is 5.35. The first-order valence-corrected chi connectivity index (χ1v) is 11.2. The number of hydrogen-bond donors (Lipinski definition) is 2. The molecule has 0 unspecified atom stereocenters. The fourth-order valence-electron chi connectivity index (χ4n) is 3.65. The molecule has 2 N–H and O–H groups in total. The van der Waals surface area contributed by atoms with Gasteiger partial charge in [-0.15, -0.1) is 0 Å². The predicted octanol–water partition coefficient (Wildman–Crippen LogP) is 6.79. The van der Waals surface area contributed by atoms with E-state index in [4.69, 9.17) is 4.74 Å². The maximum absolute atomic E-state index is 13.8. The van der Waals surface area contributed by atoms with Crippen LogP contribution in [0.15, 0.2) is 85.1 Å². The van der Waals surface area contributed by atoms with Crippen LogP contribution in [0.2, 0.25) is 0 Å². The Balaban J connectivity index is 1.46. The molecule has 0 aliphatic carbocycles. The van der Waals surface area contributed by atoms with Gasteiger partial charge in [0.25, 0.3) is 5.91 Å². The monoisotopic (exact) mass is 497 g/mol. The van der Waals surface area contributed by atoms with E-state index in [0.29, 0.717) is 23.7 Å². The van der Waals surface area contributed by atoms with E-state index in [1.807, 2.05) is 0 Å². The Kier molecular flexibility index (Phi) is 7.28. The van der Waals surface area contributed by atoms with Gasteiger partial charge in [-0.05, 0) is 79.2 Å². The SMILES string of the molecule is CCNc1ccc(-n2cccc2C(=O)NCc2ccc(Oc3ccc(F)cc3)cc2)c(C(F)(F)F)c1. The first-order chi connectivity index (χ1) is 17.2. The molecule has 0 spiro atoms. The smallest absolute Gasteiger partial charge is 0.418 e. The number of amides is 1. The zero-order valence-electron chi connectivity index (χ0n) is 19.3. The van der Waals surface area contributed by atoms with E-state index in [0.717, 1.165) is 11.6 Å². The van der Waals surface area contributed by atoms with Gasteiger partial charge in [0.1, 0.15) is 23.0 Å². The van der Waals surface area contributed by atoms with E-state index < -0.39 is 17.6 Å². The Labute approximate surface area is 205 Å². The van der Waals surface area contributed by atoms with Gasteiger partial charge in [0.05, 0.1) is 11.3 Å². The summed E-state index contributed by atoms with van der Waals surface area (Å²) in [6, 6.07) is 19.4. The molecule has 0 atom stereocenters. The van der Waals surface area contributed by atoms with Crippen LogP contribution in [0.1, 0.15) is 28.5 Å². The summed E-state index contributed by atoms with van der Waals surface area (Å²) in [6.07, 6.45) is -3.18. The lowest BCUT2D eigenvalue weighted by molar-refractivity contribution is -0.137. The van der Waals surface area contributed by atoms with Crippen molar-refractivity contribution in [2.75, 3.05) is 11.9 Å². The van der Waals surface area contributed by atoms with Crippen molar-refractivity contribution in [3.8, 4) is 17.2 Å². The van der Waals surface area contributed by atoms with Crippen molar-refractivity contribution in [3.63, 3.8) is 0 Å². The number of nitrogens with one attached hydrogen (secondary N) is 2. The van der Waals surface area contributed by atoms with Gasteiger partial charge in [-0.3, -0.25) is 4.79 Å². The Morgan fingerprint density at radius 2 is 1.61 bits per heavy atom. The Morgan fingerprint density at radius 1 is 0.944 bits per heavy atom. The molecule has 0 radical (unpaired) electrons. The topological polar surface area (TPSA) is 55.3 Å². The zero-order chi connectivity index (χ0) is 25.7. The van der Waals surface area contributed by atoms with E-state index in [1.165, 1.54) is 53.2 Å². The summed E-state index contributed by atoms with van der Waals surface area (Å²) in [6.45, 7) is 2.43. The minimum atomic E-state index is -4.60. The molecule has 0 saturated heterocycles. The molecular weight excluding hydrogens is 474 g/mol. The normalized spacial score (nSPS) is 11.2. The summed E-state index contributed by atoms with van der Waals surface area (Å²) >= 11 is 0. The molecule has 1 amide bonds. The van der Waals surface area contributed by atoms with Crippen LogP contribution in [-0.2, 0) is 12.7 Å². The summed E-state index contributed by atoms with van der Waals surface area (Å²) in [5, 5.41) is 5.62. The second kappa shape index (κ2) is 10.6. The number of alkyl halides is 3. The predicted molar refractivity (Wildman–Crippen MR) is 129 cm³/mol. The van der Waals surface area contributed by atoms with Crippen LogP contribution in [0.25, 0.3) is 5.69 Å². The number of rotatable bonds is 8. The molecule has 0 aliphatic heterocycles. The molecule has 186 valence electrons. The van der Waals surface area contributed by atoms with Gasteiger partial charge in [0.15, 0.2) is 0 Å². The summed E-state index contributed by atoms with van der Waals surface area (Å²) in [7, 11) is 0. The lowest BCUT2D eigenvalue weighted by Crippen LogP contribution is -2.25. The molecule has 1 heterocycles. The van der Waals surface area contributed by atoms with Gasteiger partial charge < -0.3 is 19.9 Å². The largest absolute Gasteiger partial charge is 0.457 e. The maximum Gasteiger partial charge on any atom is 0.418 e. The molecule has 0 aliphatic rings. The fraction of sp³-hybridized carbons (Fsp3) is 0.148. The van der Waals surface area contributed by atoms with Crippen molar-refractivity contribution in [1.29, 1.82) is 0 Å². The molecule has 3 aromatic carbocycles. The molecule has 0 fully saturated rings. The van der Waals surface area contributed by atoms with E-state index in [2.05, 4.69) is 10.6 Å². The fourth-order valence-corrected chi connectivity index (χ4v) is 3.65. The number of aromatic nitrogens is 1. The quantitative estimate of drug-likeness (QED) is 0.264. The molecule has 4 rings (SSSR count). The van der Waals surface area contributed by atoms with Crippen LogP contribution in [0.3, 0.4) is 0 Å². The van der Waals surface area contributed by atoms with Crippen LogP contribution < -0.4 is 15.4 Å². The molecule has 4 aromatic rings. The Hall–Kier alpha value is -4.27. The Morgan fingerprint density at radius 3 is 2.25 bits per heavy atom. The van der Waals surface area contributed by atoms with Crippen LogP contribution in [-0.4, -0.2) is 17.0 Å². The van der Waals surface area contributed by atoms with Gasteiger partial charge >= 0.3 is 6.18 Å². The van der Waals surface area contributed by atoms with E-state index >= 15 is 0 Å². The van der Waals surface area contributed by atoms with Crippen molar-refractivity contribution in [1.82, 2.24) is 9.88 Å². The first kappa shape index (κ1) is 24.8. The highest BCUT2D eigenvalue weighted by Crippen LogP contribution is 2.36. The Bertz CT molecular complexity index is 1330. The zero-order valence-corrected chi connectivity index (χ0v) is 19.3. The van der Waals surface area contributed by atoms with Gasteiger partial charge in [0, 0.05) is 25.0 Å². The van der Waals surface area contributed by atoms with E-state index in [1.54, 1.807) is 37.3 Å². The number of nitrogens with zero attached hydrogens (tertiary/aromatic N) is 1. The van der Waals surface area contributed by atoms with E-state index in [9.17, 15) is 22.4 Å². The van der Waals surface area contributed by atoms with Crippen molar-refractivity contribution >= 4 is 11.6 Å². The highest BCUT2D eigenvalue weighted by molar-refractivity contribution is 5.93. The number of anilines is 1. The van der Waals surface area contributed by atoms with Crippen molar-refractivity contribution in [3.05, 3.63) is 108 Å². The minimum absolute atomic E-state index is 0.0768. The summed E-state index contributed by atoms with van der Waals surface area (Å²) in [4.78, 5) is 12.9. The number of carbonyl (C=O) groups excluding carboxylic acids is 1. The molecule has 0 bridgehead atoms. The third-order valence-corrected chi connectivity index (χ3v) is 5.35. The van der Waals surface area contributed by atoms with Crippen LogP contribution >= 0.6 is 0 Å². The lowest BCUT2D eigenvalue weighted by atomic mass is 10.1. The second-order valence-corrected chi connectivity index (χ2v) is 7.91. The van der Waals surface area contributed by atoms with Crippen molar-refractivity contribution in [2.45, 2.75) is 19.6 Å². The molecule has 0 saturated carbocycles. The summed E-state index contributed by atoms with van der Waals surface area (Å²) in [5.74, 6) is 0.136. The number of hydrogen-bond acceptors (Lipinski definition) is 3. The molecule has 9 heteroatoms. The molecule has 1 aromatic heterocycles. The molecule has 36 heavy (non-hydrogen) atoms. The van der Waals surface area contributed by atoms with Crippen LogP contribution in [0.4, 0.5) is 23.2 Å². The first-order valence-electron chi connectivity index (χ1n) is 11.2. The molecule has 5 nitrogen and oxygen atoms in total. The second-order valence-electron chi connectivity index (χ2n) is 7.91. The van der Waals surface area contributed by atoms with Crippen molar-refractivity contribution in [2.24, 2.45) is 0 Å². The highest BCUT2D eigenvalue weighted by Gasteiger charge is 2.35. The minimum Gasteiger partial charge on any atom is -0.457 e. The van der Waals surface area contributed by atoms with Crippen LogP contribution in [0, 0.1) is 5.82 Å². The van der Waals surface area contributed by atoms with Gasteiger partial charge in [-0.1, -0.05) is 12.1 Å². The number of benzene rings is 3. The highest BCUT2D eigenvalue weighted by atomic mass is 19.4. The number of carbonyl (C=O) groups is 1. The van der Waals surface area contributed by atoms with E-state index in [-0.39, 0.29) is 23.7 Å². The van der Waals surface area contributed by atoms with Gasteiger partial charge in [-0.25, -0.2) is 4.39 Å². The molecular formula is C27H23F4N3O2. The summed E-state index contributed by atoms with van der Waals surface area (Å²) in [5.41, 5.74) is 0.204.